The molecule has 0 saturated heterocycles. The zero-order chi connectivity index (χ0) is 14.3. The van der Waals surface area contributed by atoms with Crippen LogP contribution in [0.1, 0.15) is 30.9 Å². The van der Waals surface area contributed by atoms with Crippen molar-refractivity contribution in [2.24, 2.45) is 0 Å². The summed E-state index contributed by atoms with van der Waals surface area (Å²) < 4.78 is 0. The maximum absolute atomic E-state index is 11.7. The molecule has 0 aliphatic rings. The first-order valence-electron chi connectivity index (χ1n) is 6.07. The number of hydrogen-bond donors (Lipinski definition) is 3. The van der Waals surface area contributed by atoms with Gasteiger partial charge in [0.1, 0.15) is 5.82 Å². The average molecular weight is 269 g/mol. The first-order valence-corrected chi connectivity index (χ1v) is 6.07. The fourth-order valence-electron chi connectivity index (χ4n) is 1.48. The van der Waals surface area contributed by atoms with Crippen molar-refractivity contribution >= 4 is 12.0 Å². The minimum absolute atomic E-state index is 0.127. The number of amides is 2. The normalized spacial score (nSPS) is 10.2. The van der Waals surface area contributed by atoms with Gasteiger partial charge in [-0.2, -0.15) is 5.10 Å². The van der Waals surface area contributed by atoms with E-state index >= 15 is 0 Å². The summed E-state index contributed by atoms with van der Waals surface area (Å²) in [6.45, 7) is 2.58. The van der Waals surface area contributed by atoms with Crippen molar-refractivity contribution in [3.8, 4) is 0 Å². The number of carbonyl (C=O) groups excluding carboxylic acids is 1. The number of rotatable bonds is 7. The number of nitrogens with zero attached hydrogens (tertiary/aromatic N) is 3. The van der Waals surface area contributed by atoms with Gasteiger partial charge in [0.2, 0.25) is 0 Å². The van der Waals surface area contributed by atoms with Crippen molar-refractivity contribution in [1.82, 2.24) is 25.4 Å². The second-order valence-corrected chi connectivity index (χ2v) is 4.28. The van der Waals surface area contributed by atoms with Gasteiger partial charge in [-0.3, -0.25) is 9.89 Å². The van der Waals surface area contributed by atoms with Crippen LogP contribution in [0, 0.1) is 6.92 Å². The number of H-pyrrole nitrogens is 1. The molecule has 0 bridgehead atoms. The topological polar surface area (TPSA) is 111 Å². The molecule has 0 radical (unpaired) electrons. The number of aliphatic carboxylic acids is 1. The molecule has 8 heteroatoms. The van der Waals surface area contributed by atoms with Crippen molar-refractivity contribution in [3.05, 3.63) is 11.6 Å². The Labute approximate surface area is 111 Å². The fraction of sp³-hybridized carbons (Fsp3) is 0.636. The van der Waals surface area contributed by atoms with Gasteiger partial charge in [0.15, 0.2) is 5.82 Å². The number of aryl methyl sites for hydroxylation is 1. The van der Waals surface area contributed by atoms with E-state index in [0.29, 0.717) is 37.6 Å². The maximum atomic E-state index is 11.7. The summed E-state index contributed by atoms with van der Waals surface area (Å²) in [6, 6.07) is -0.224. The van der Waals surface area contributed by atoms with Crippen LogP contribution in [0.25, 0.3) is 0 Å². The molecule has 0 fully saturated rings. The lowest BCUT2D eigenvalue weighted by Crippen LogP contribution is -2.37. The van der Waals surface area contributed by atoms with Crippen LogP contribution in [0.15, 0.2) is 0 Å². The Morgan fingerprint density at radius 2 is 2.16 bits per heavy atom. The molecular formula is C11H19N5O3. The second kappa shape index (κ2) is 7.34. The number of urea groups is 1. The number of unbranched alkanes of at least 4 members (excludes halogenated alkanes) is 1. The van der Waals surface area contributed by atoms with Gasteiger partial charge in [-0.05, 0) is 19.8 Å². The number of nitrogens with one attached hydrogen (secondary N) is 2. The third kappa shape index (κ3) is 5.84. The summed E-state index contributed by atoms with van der Waals surface area (Å²) in [5.74, 6) is 0.446. The number of carboxylic acid groups (broad SMARTS) is 1. The number of aromatic amines is 1. The molecule has 0 unspecified atom stereocenters. The molecule has 0 aliphatic heterocycles. The van der Waals surface area contributed by atoms with Crippen LogP contribution in [-0.4, -0.2) is 50.8 Å². The molecule has 1 aromatic heterocycles. The van der Waals surface area contributed by atoms with E-state index in [4.69, 9.17) is 5.11 Å². The molecule has 0 aromatic carbocycles. The molecule has 19 heavy (non-hydrogen) atoms. The third-order valence-electron chi connectivity index (χ3n) is 2.46. The van der Waals surface area contributed by atoms with Crippen LogP contribution >= 0.6 is 0 Å². The van der Waals surface area contributed by atoms with Crippen LogP contribution in [0.4, 0.5) is 4.79 Å². The predicted molar refractivity (Wildman–Crippen MR) is 67.5 cm³/mol. The molecule has 1 rings (SSSR count). The summed E-state index contributed by atoms with van der Waals surface area (Å²) in [7, 11) is 1.65. The SMILES string of the molecule is Cc1nc(CN(C)C(=O)NCCCCC(=O)O)n[nH]1. The molecule has 8 nitrogen and oxygen atoms in total. The molecule has 0 atom stereocenters. The van der Waals surface area contributed by atoms with Gasteiger partial charge in [0, 0.05) is 20.0 Å². The number of carboxylic acids is 1. The molecular weight excluding hydrogens is 250 g/mol. The highest BCUT2D eigenvalue weighted by atomic mass is 16.4. The summed E-state index contributed by atoms with van der Waals surface area (Å²) in [5.41, 5.74) is 0. The lowest BCUT2D eigenvalue weighted by molar-refractivity contribution is -0.137. The van der Waals surface area contributed by atoms with Crippen molar-refractivity contribution in [3.63, 3.8) is 0 Å². The van der Waals surface area contributed by atoms with E-state index in [9.17, 15) is 9.59 Å². The quantitative estimate of drug-likeness (QED) is 0.624. The Kier molecular flexibility index (Phi) is 5.77. The van der Waals surface area contributed by atoms with Gasteiger partial charge >= 0.3 is 12.0 Å². The van der Waals surface area contributed by atoms with Crippen LogP contribution < -0.4 is 5.32 Å². The predicted octanol–water partition coefficient (Wildman–Crippen LogP) is 0.509. The lowest BCUT2D eigenvalue weighted by atomic mass is 10.2. The molecule has 1 heterocycles. The summed E-state index contributed by atoms with van der Waals surface area (Å²) in [4.78, 5) is 27.6. The van der Waals surface area contributed by atoms with Crippen molar-refractivity contribution in [1.29, 1.82) is 0 Å². The highest BCUT2D eigenvalue weighted by molar-refractivity contribution is 5.73. The van der Waals surface area contributed by atoms with E-state index < -0.39 is 5.97 Å². The van der Waals surface area contributed by atoms with Gasteiger partial charge < -0.3 is 15.3 Å². The van der Waals surface area contributed by atoms with Crippen molar-refractivity contribution in [2.75, 3.05) is 13.6 Å². The molecule has 3 N–H and O–H groups in total. The monoisotopic (exact) mass is 269 g/mol. The molecule has 0 saturated carbocycles. The Bertz CT molecular complexity index is 432. The second-order valence-electron chi connectivity index (χ2n) is 4.28. The molecule has 106 valence electrons. The molecule has 2 amide bonds. The third-order valence-corrected chi connectivity index (χ3v) is 2.46. The van der Waals surface area contributed by atoms with Crippen LogP contribution in [-0.2, 0) is 11.3 Å². The Hall–Kier alpha value is -2.12. The first-order chi connectivity index (χ1) is 8.99. The summed E-state index contributed by atoms with van der Waals surface area (Å²) >= 11 is 0. The van der Waals surface area contributed by atoms with Crippen LogP contribution in [0.2, 0.25) is 0 Å². The van der Waals surface area contributed by atoms with E-state index in [0.717, 1.165) is 0 Å². The lowest BCUT2D eigenvalue weighted by Gasteiger charge is -2.16. The number of carbonyl (C=O) groups is 2. The van der Waals surface area contributed by atoms with Crippen LogP contribution in [0.3, 0.4) is 0 Å². The Morgan fingerprint density at radius 3 is 2.74 bits per heavy atom. The average Bonchev–Trinajstić information content (AvgIpc) is 2.73. The van der Waals surface area contributed by atoms with E-state index in [1.54, 1.807) is 14.0 Å². The largest absolute Gasteiger partial charge is 0.481 e. The van der Waals surface area contributed by atoms with Gasteiger partial charge in [0.25, 0.3) is 0 Å². The maximum Gasteiger partial charge on any atom is 0.317 e. The zero-order valence-corrected chi connectivity index (χ0v) is 11.1. The molecule has 1 aromatic rings. The van der Waals surface area contributed by atoms with Gasteiger partial charge in [-0.1, -0.05) is 0 Å². The number of aromatic nitrogens is 3. The Morgan fingerprint density at radius 1 is 1.42 bits per heavy atom. The summed E-state index contributed by atoms with van der Waals surface area (Å²) in [5, 5.41) is 17.8. The van der Waals surface area contributed by atoms with Crippen molar-refractivity contribution < 1.29 is 14.7 Å². The number of hydrogen-bond acceptors (Lipinski definition) is 4. The molecule has 0 spiro atoms. The van der Waals surface area contributed by atoms with E-state index in [1.165, 1.54) is 4.90 Å². The highest BCUT2D eigenvalue weighted by Gasteiger charge is 2.10. The minimum Gasteiger partial charge on any atom is -0.481 e. The first kappa shape index (κ1) is 14.9. The molecule has 0 aliphatic carbocycles. The van der Waals surface area contributed by atoms with E-state index in [-0.39, 0.29) is 12.5 Å². The van der Waals surface area contributed by atoms with Crippen LogP contribution in [0.5, 0.6) is 0 Å². The highest BCUT2D eigenvalue weighted by Crippen LogP contribution is 1.98. The minimum atomic E-state index is -0.816. The summed E-state index contributed by atoms with van der Waals surface area (Å²) in [6.07, 6.45) is 1.33. The van der Waals surface area contributed by atoms with E-state index in [2.05, 4.69) is 20.5 Å². The fourth-order valence-corrected chi connectivity index (χ4v) is 1.48. The van der Waals surface area contributed by atoms with E-state index in [1.807, 2.05) is 0 Å². The zero-order valence-electron chi connectivity index (χ0n) is 11.1. The van der Waals surface area contributed by atoms with Gasteiger partial charge in [-0.15, -0.1) is 0 Å². The smallest absolute Gasteiger partial charge is 0.317 e. The van der Waals surface area contributed by atoms with Gasteiger partial charge in [-0.25, -0.2) is 9.78 Å². The Balaban J connectivity index is 2.20. The van der Waals surface area contributed by atoms with Crippen molar-refractivity contribution in [2.45, 2.75) is 32.7 Å². The standard InChI is InChI=1S/C11H19N5O3/c1-8-13-9(15-14-8)7-16(2)11(19)12-6-4-3-5-10(17)18/h3-7H2,1-2H3,(H,12,19)(H,17,18)(H,13,14,15). The van der Waals surface area contributed by atoms with Gasteiger partial charge in [0.05, 0.1) is 6.54 Å².